The average Bonchev–Trinajstić information content (AvgIpc) is 2.48. The molecule has 1 aliphatic rings. The number of hydrogen-bond acceptors (Lipinski definition) is 6. The molecule has 1 aromatic rings. The maximum atomic E-state index is 11.2. The van der Waals surface area contributed by atoms with Crippen LogP contribution in [0.25, 0.3) is 0 Å². The molecule has 116 valence electrons. The van der Waals surface area contributed by atoms with Gasteiger partial charge in [0.15, 0.2) is 0 Å². The summed E-state index contributed by atoms with van der Waals surface area (Å²) in [6.07, 6.45) is 5.89. The molecule has 21 heavy (non-hydrogen) atoms. The summed E-state index contributed by atoms with van der Waals surface area (Å²) in [6.45, 7) is 6.49. The molecule has 0 radical (unpaired) electrons. The number of rotatable bonds is 6. The number of nitrogens with one attached hydrogen (secondary N) is 1. The van der Waals surface area contributed by atoms with Crippen LogP contribution >= 0.6 is 0 Å². The third-order valence-corrected chi connectivity index (χ3v) is 3.89. The first-order valence-corrected chi connectivity index (χ1v) is 7.66. The van der Waals surface area contributed by atoms with E-state index in [1.54, 1.807) is 0 Å². The highest BCUT2D eigenvalue weighted by Crippen LogP contribution is 2.31. The van der Waals surface area contributed by atoms with Gasteiger partial charge in [-0.15, -0.1) is 0 Å². The van der Waals surface area contributed by atoms with Gasteiger partial charge in [0, 0.05) is 19.6 Å². The van der Waals surface area contributed by atoms with Crippen molar-refractivity contribution in [3.8, 4) is 0 Å². The van der Waals surface area contributed by atoms with E-state index in [0.717, 1.165) is 31.8 Å². The summed E-state index contributed by atoms with van der Waals surface area (Å²) in [5, 5.41) is 14.2. The highest BCUT2D eigenvalue weighted by Gasteiger charge is 2.26. The van der Waals surface area contributed by atoms with Crippen molar-refractivity contribution in [1.29, 1.82) is 0 Å². The summed E-state index contributed by atoms with van der Waals surface area (Å²) in [4.78, 5) is 21.1. The molecule has 0 saturated carbocycles. The van der Waals surface area contributed by atoms with Crippen molar-refractivity contribution in [3.63, 3.8) is 0 Å². The molecule has 2 heterocycles. The molecule has 0 amide bonds. The lowest BCUT2D eigenvalue weighted by molar-refractivity contribution is -0.384. The Balaban J connectivity index is 2.17. The Morgan fingerprint density at radius 2 is 2.14 bits per heavy atom. The van der Waals surface area contributed by atoms with E-state index in [4.69, 9.17) is 0 Å². The van der Waals surface area contributed by atoms with E-state index < -0.39 is 4.92 Å². The van der Waals surface area contributed by atoms with E-state index in [2.05, 4.69) is 22.2 Å². The van der Waals surface area contributed by atoms with Crippen LogP contribution in [-0.2, 0) is 0 Å². The fourth-order valence-corrected chi connectivity index (χ4v) is 2.81. The number of nitro groups is 1. The largest absolute Gasteiger partial charge is 0.354 e. The van der Waals surface area contributed by atoms with Crippen LogP contribution in [0.4, 0.5) is 17.5 Å². The van der Waals surface area contributed by atoms with Gasteiger partial charge >= 0.3 is 5.69 Å². The third kappa shape index (κ3) is 3.80. The first-order valence-electron chi connectivity index (χ1n) is 7.66. The van der Waals surface area contributed by atoms with Crippen molar-refractivity contribution in [1.82, 2.24) is 9.97 Å². The molecule has 2 rings (SSSR count). The van der Waals surface area contributed by atoms with E-state index in [9.17, 15) is 10.1 Å². The quantitative estimate of drug-likeness (QED) is 0.641. The van der Waals surface area contributed by atoms with Crippen LogP contribution in [0.1, 0.15) is 39.5 Å². The topological polar surface area (TPSA) is 84.2 Å². The number of aromatic nitrogens is 2. The number of nitrogens with zero attached hydrogens (tertiary/aromatic N) is 4. The fraction of sp³-hybridized carbons (Fsp3) is 0.714. The zero-order chi connectivity index (χ0) is 15.2. The summed E-state index contributed by atoms with van der Waals surface area (Å²) in [5.74, 6) is 1.63. The average molecular weight is 293 g/mol. The molecular formula is C14H23N5O2. The van der Waals surface area contributed by atoms with Crippen molar-refractivity contribution in [2.75, 3.05) is 29.9 Å². The van der Waals surface area contributed by atoms with Gasteiger partial charge in [-0.1, -0.05) is 19.8 Å². The Morgan fingerprint density at radius 1 is 1.43 bits per heavy atom. The Kier molecular flexibility index (Phi) is 5.30. The van der Waals surface area contributed by atoms with Gasteiger partial charge in [0.25, 0.3) is 0 Å². The van der Waals surface area contributed by atoms with E-state index in [0.29, 0.717) is 18.3 Å². The summed E-state index contributed by atoms with van der Waals surface area (Å²) >= 11 is 0. The second kappa shape index (κ2) is 7.19. The smallest absolute Gasteiger partial charge is 0.329 e. The van der Waals surface area contributed by atoms with Crippen molar-refractivity contribution in [2.45, 2.75) is 39.5 Å². The van der Waals surface area contributed by atoms with Gasteiger partial charge in [-0.3, -0.25) is 10.1 Å². The zero-order valence-electron chi connectivity index (χ0n) is 12.7. The monoisotopic (exact) mass is 293 g/mol. The summed E-state index contributed by atoms with van der Waals surface area (Å²) in [5.41, 5.74) is -0.00871. The Labute approximate surface area is 124 Å². The molecular weight excluding hydrogens is 270 g/mol. The number of hydrogen-bond donors (Lipinski definition) is 1. The van der Waals surface area contributed by atoms with Crippen LogP contribution in [0.15, 0.2) is 6.20 Å². The second-order valence-electron chi connectivity index (χ2n) is 5.41. The van der Waals surface area contributed by atoms with Gasteiger partial charge in [0.1, 0.15) is 6.20 Å². The van der Waals surface area contributed by atoms with E-state index in [1.807, 2.05) is 11.8 Å². The van der Waals surface area contributed by atoms with Gasteiger partial charge in [-0.25, -0.2) is 4.98 Å². The van der Waals surface area contributed by atoms with Crippen LogP contribution < -0.4 is 10.2 Å². The van der Waals surface area contributed by atoms with Crippen LogP contribution in [0.5, 0.6) is 0 Å². The minimum absolute atomic E-state index is 0.00871. The van der Waals surface area contributed by atoms with Gasteiger partial charge in [0.2, 0.25) is 11.8 Å². The zero-order valence-corrected chi connectivity index (χ0v) is 12.7. The molecule has 0 aromatic carbocycles. The van der Waals surface area contributed by atoms with Crippen LogP contribution in [0.3, 0.4) is 0 Å². The van der Waals surface area contributed by atoms with Gasteiger partial charge < -0.3 is 10.2 Å². The predicted molar refractivity (Wildman–Crippen MR) is 82.7 cm³/mol. The molecule has 0 bridgehead atoms. The Morgan fingerprint density at radius 3 is 2.71 bits per heavy atom. The van der Waals surface area contributed by atoms with Crippen molar-refractivity contribution < 1.29 is 4.92 Å². The van der Waals surface area contributed by atoms with Crippen LogP contribution in [0.2, 0.25) is 0 Å². The number of piperidine rings is 1. The lowest BCUT2D eigenvalue weighted by atomic mass is 9.92. The molecule has 7 nitrogen and oxygen atoms in total. The Bertz CT molecular complexity index is 486. The maximum absolute atomic E-state index is 11.2. The van der Waals surface area contributed by atoms with Gasteiger partial charge in [-0.05, 0) is 25.7 Å². The van der Waals surface area contributed by atoms with E-state index in [-0.39, 0.29) is 5.69 Å². The van der Waals surface area contributed by atoms with Gasteiger partial charge in [0.05, 0.1) is 4.92 Å². The van der Waals surface area contributed by atoms with Gasteiger partial charge in [-0.2, -0.15) is 4.98 Å². The molecule has 0 spiro atoms. The lowest BCUT2D eigenvalue weighted by Crippen LogP contribution is -2.34. The fourth-order valence-electron chi connectivity index (χ4n) is 2.81. The van der Waals surface area contributed by atoms with E-state index >= 15 is 0 Å². The normalized spacial score (nSPS) is 16.0. The molecule has 0 aliphatic carbocycles. The molecule has 1 N–H and O–H groups in total. The minimum atomic E-state index is -0.400. The minimum Gasteiger partial charge on any atom is -0.354 e. The molecule has 1 aliphatic heterocycles. The SMILES string of the molecule is CCCC1CCN(c2nc(NCC)ncc2[N+](=O)[O-])CC1. The van der Waals surface area contributed by atoms with Crippen molar-refractivity contribution in [3.05, 3.63) is 16.3 Å². The van der Waals surface area contributed by atoms with Crippen molar-refractivity contribution >= 4 is 17.5 Å². The second-order valence-corrected chi connectivity index (χ2v) is 5.41. The summed E-state index contributed by atoms with van der Waals surface area (Å²) < 4.78 is 0. The Hall–Kier alpha value is -1.92. The highest BCUT2D eigenvalue weighted by atomic mass is 16.6. The number of anilines is 2. The predicted octanol–water partition coefficient (Wildman–Crippen LogP) is 2.83. The van der Waals surface area contributed by atoms with Crippen molar-refractivity contribution in [2.24, 2.45) is 5.92 Å². The first-order chi connectivity index (χ1) is 10.2. The first kappa shape index (κ1) is 15.5. The standard InChI is InChI=1S/C14H23N5O2/c1-3-5-11-6-8-18(9-7-11)13-12(19(20)21)10-16-14(17-13)15-4-2/h10-11H,3-9H2,1-2H3,(H,15,16,17). The van der Waals surface area contributed by atoms with Crippen LogP contribution in [-0.4, -0.2) is 34.5 Å². The molecule has 0 unspecified atom stereocenters. The summed E-state index contributed by atoms with van der Waals surface area (Å²) in [7, 11) is 0. The highest BCUT2D eigenvalue weighted by molar-refractivity contribution is 5.59. The molecule has 1 saturated heterocycles. The molecule has 0 atom stereocenters. The molecule has 7 heteroatoms. The molecule has 1 fully saturated rings. The third-order valence-electron chi connectivity index (χ3n) is 3.89. The lowest BCUT2D eigenvalue weighted by Gasteiger charge is -2.32. The van der Waals surface area contributed by atoms with Crippen LogP contribution in [0, 0.1) is 16.0 Å². The van der Waals surface area contributed by atoms with E-state index in [1.165, 1.54) is 19.0 Å². The summed E-state index contributed by atoms with van der Waals surface area (Å²) in [6, 6.07) is 0. The maximum Gasteiger partial charge on any atom is 0.329 e. The molecule has 1 aromatic heterocycles.